The van der Waals surface area contributed by atoms with Crippen molar-refractivity contribution in [3.63, 3.8) is 0 Å². The minimum absolute atomic E-state index is 0.0792. The van der Waals surface area contributed by atoms with E-state index in [2.05, 4.69) is 25.9 Å². The van der Waals surface area contributed by atoms with E-state index >= 15 is 0 Å². The van der Waals surface area contributed by atoms with Crippen molar-refractivity contribution in [1.29, 1.82) is 0 Å². The molecule has 1 amide bonds. The van der Waals surface area contributed by atoms with E-state index in [1.165, 1.54) is 6.20 Å². The Bertz CT molecular complexity index is 716. The maximum absolute atomic E-state index is 12.7. The number of fused-ring (bicyclic) bond motifs is 2. The molecule has 2 heterocycles. The van der Waals surface area contributed by atoms with Crippen LogP contribution in [0, 0.1) is 10.8 Å². The van der Waals surface area contributed by atoms with E-state index in [0.29, 0.717) is 0 Å². The Balaban J connectivity index is 1.80. The topological polar surface area (TPSA) is 55.2 Å². The predicted molar refractivity (Wildman–Crippen MR) is 89.8 cm³/mol. The summed E-state index contributed by atoms with van der Waals surface area (Å²) in [6, 6.07) is 0.245. The van der Waals surface area contributed by atoms with Crippen LogP contribution in [-0.2, 0) is 11.3 Å². The summed E-state index contributed by atoms with van der Waals surface area (Å²) in [4.78, 5) is 26.7. The van der Waals surface area contributed by atoms with Crippen molar-refractivity contribution >= 4 is 29.1 Å². The van der Waals surface area contributed by atoms with Crippen molar-refractivity contribution in [2.24, 2.45) is 10.8 Å². The van der Waals surface area contributed by atoms with E-state index in [-0.39, 0.29) is 39.4 Å². The highest BCUT2D eigenvalue weighted by Crippen LogP contribution is 2.52. The number of aromatic nitrogens is 2. The van der Waals surface area contributed by atoms with Gasteiger partial charge >= 0.3 is 0 Å². The number of halogens is 2. The van der Waals surface area contributed by atoms with Crippen molar-refractivity contribution in [3.8, 4) is 0 Å². The second-order valence-electron chi connectivity index (χ2n) is 8.00. The standard InChI is InChI=1S/C16H21Cl2N3O2/c1-15(2)4-10-5-16(3,8-15)9-20(10)12(22)7-21-14(23)13(18)11(17)6-19-21/h6,10H,4-5,7-9H2,1-3H3/t10-,16-/m0/s1. The molecular weight excluding hydrogens is 337 g/mol. The Hall–Kier alpha value is -1.07. The summed E-state index contributed by atoms with van der Waals surface area (Å²) in [5.74, 6) is -0.0792. The summed E-state index contributed by atoms with van der Waals surface area (Å²) < 4.78 is 1.09. The molecule has 7 heteroatoms. The molecule has 1 aliphatic heterocycles. The van der Waals surface area contributed by atoms with Crippen LogP contribution >= 0.6 is 23.2 Å². The number of rotatable bonds is 2. The van der Waals surface area contributed by atoms with Crippen molar-refractivity contribution in [2.75, 3.05) is 6.54 Å². The smallest absolute Gasteiger partial charge is 0.287 e. The van der Waals surface area contributed by atoms with E-state index in [1.807, 2.05) is 4.90 Å². The lowest BCUT2D eigenvalue weighted by Gasteiger charge is -2.39. The maximum atomic E-state index is 12.7. The van der Waals surface area contributed by atoms with Crippen LogP contribution in [0.4, 0.5) is 0 Å². The molecule has 1 aliphatic carbocycles. The van der Waals surface area contributed by atoms with E-state index in [4.69, 9.17) is 23.2 Å². The number of amides is 1. The van der Waals surface area contributed by atoms with Crippen LogP contribution < -0.4 is 5.56 Å². The van der Waals surface area contributed by atoms with Gasteiger partial charge in [-0.3, -0.25) is 9.59 Å². The fourth-order valence-corrected chi connectivity index (χ4v) is 4.80. The molecule has 1 aromatic rings. The first kappa shape index (κ1) is 16.8. The monoisotopic (exact) mass is 357 g/mol. The van der Waals surface area contributed by atoms with Gasteiger partial charge in [-0.2, -0.15) is 5.10 Å². The molecule has 3 rings (SSSR count). The van der Waals surface area contributed by atoms with Gasteiger partial charge in [0.25, 0.3) is 5.56 Å². The van der Waals surface area contributed by atoms with Crippen LogP contribution in [0.2, 0.25) is 10.0 Å². The third-order valence-electron chi connectivity index (χ3n) is 4.96. The molecule has 0 spiro atoms. The first-order chi connectivity index (χ1) is 10.6. The Morgan fingerprint density at radius 2 is 2.04 bits per heavy atom. The lowest BCUT2D eigenvalue weighted by atomic mass is 9.65. The summed E-state index contributed by atoms with van der Waals surface area (Å²) in [5.41, 5.74) is -0.120. The van der Waals surface area contributed by atoms with E-state index in [0.717, 1.165) is 30.5 Å². The normalized spacial score (nSPS) is 28.9. The Morgan fingerprint density at radius 3 is 2.74 bits per heavy atom. The van der Waals surface area contributed by atoms with Crippen molar-refractivity contribution in [3.05, 3.63) is 26.6 Å². The van der Waals surface area contributed by atoms with Gasteiger partial charge in [0.15, 0.2) is 0 Å². The Labute approximate surface area is 145 Å². The number of hydrogen-bond donors (Lipinski definition) is 0. The average molecular weight is 358 g/mol. The van der Waals surface area contributed by atoms with Crippen LogP contribution in [0.25, 0.3) is 0 Å². The number of carbonyl (C=O) groups is 1. The van der Waals surface area contributed by atoms with Gasteiger partial charge in [0, 0.05) is 12.6 Å². The molecule has 2 atom stereocenters. The molecule has 1 saturated carbocycles. The molecule has 0 N–H and O–H groups in total. The highest BCUT2D eigenvalue weighted by atomic mass is 35.5. The summed E-state index contributed by atoms with van der Waals surface area (Å²) in [6.45, 7) is 7.42. The number of hydrogen-bond acceptors (Lipinski definition) is 3. The molecule has 0 unspecified atom stereocenters. The van der Waals surface area contributed by atoms with Gasteiger partial charge in [0.1, 0.15) is 11.6 Å². The van der Waals surface area contributed by atoms with Crippen LogP contribution in [0.1, 0.15) is 40.0 Å². The van der Waals surface area contributed by atoms with Gasteiger partial charge < -0.3 is 4.90 Å². The lowest BCUT2D eigenvalue weighted by Crippen LogP contribution is -2.41. The summed E-state index contributed by atoms with van der Waals surface area (Å²) in [5, 5.41) is 3.93. The van der Waals surface area contributed by atoms with Crippen molar-refractivity contribution in [1.82, 2.24) is 14.7 Å². The van der Waals surface area contributed by atoms with Crippen molar-refractivity contribution < 1.29 is 4.79 Å². The largest absolute Gasteiger partial charge is 0.338 e. The predicted octanol–water partition coefficient (Wildman–Crippen LogP) is 2.98. The fraction of sp³-hybridized carbons (Fsp3) is 0.688. The third kappa shape index (κ3) is 3.13. The van der Waals surface area contributed by atoms with E-state index < -0.39 is 5.56 Å². The van der Waals surface area contributed by atoms with E-state index in [9.17, 15) is 9.59 Å². The molecule has 5 nitrogen and oxygen atoms in total. The van der Waals surface area contributed by atoms with Gasteiger partial charge in [-0.25, -0.2) is 4.68 Å². The molecular formula is C16H21Cl2N3O2. The average Bonchev–Trinajstić information content (AvgIpc) is 2.68. The minimum Gasteiger partial charge on any atom is -0.338 e. The summed E-state index contributed by atoms with van der Waals surface area (Å²) >= 11 is 11.6. The highest BCUT2D eigenvalue weighted by molar-refractivity contribution is 6.41. The fourth-order valence-electron chi connectivity index (χ4n) is 4.53. The summed E-state index contributed by atoms with van der Waals surface area (Å²) in [7, 11) is 0. The van der Waals surface area contributed by atoms with Gasteiger partial charge in [0.2, 0.25) is 5.91 Å². The molecule has 1 saturated heterocycles. The molecule has 2 bridgehead atoms. The number of nitrogens with zero attached hydrogens (tertiary/aromatic N) is 3. The zero-order chi connectivity index (χ0) is 17.0. The molecule has 0 radical (unpaired) electrons. The SMILES string of the molecule is CC1(C)C[C@H]2C[C@](C)(CN2C(=O)Cn2ncc(Cl)c(Cl)c2=O)C1. The second kappa shape index (κ2) is 5.49. The second-order valence-corrected chi connectivity index (χ2v) is 8.79. The van der Waals surface area contributed by atoms with Crippen molar-refractivity contribution in [2.45, 2.75) is 52.6 Å². The van der Waals surface area contributed by atoms with Gasteiger partial charge in [-0.15, -0.1) is 0 Å². The first-order valence-corrected chi connectivity index (χ1v) is 8.56. The van der Waals surface area contributed by atoms with Crippen LogP contribution in [0.3, 0.4) is 0 Å². The molecule has 2 fully saturated rings. The summed E-state index contributed by atoms with van der Waals surface area (Å²) in [6.07, 6.45) is 4.44. The molecule has 23 heavy (non-hydrogen) atoms. The lowest BCUT2D eigenvalue weighted by molar-refractivity contribution is -0.133. The first-order valence-electron chi connectivity index (χ1n) is 7.81. The van der Waals surface area contributed by atoms with Gasteiger partial charge in [-0.1, -0.05) is 44.0 Å². The van der Waals surface area contributed by atoms with Gasteiger partial charge in [0.05, 0.1) is 11.2 Å². The number of likely N-dealkylation sites (tertiary alicyclic amines) is 1. The third-order valence-corrected chi connectivity index (χ3v) is 5.71. The van der Waals surface area contributed by atoms with Gasteiger partial charge in [-0.05, 0) is 30.1 Å². The van der Waals surface area contributed by atoms with E-state index in [1.54, 1.807) is 0 Å². The number of carbonyl (C=O) groups excluding carboxylic acids is 1. The maximum Gasteiger partial charge on any atom is 0.287 e. The quantitative estimate of drug-likeness (QED) is 0.817. The Morgan fingerprint density at radius 1 is 1.35 bits per heavy atom. The minimum atomic E-state index is -0.527. The molecule has 1 aromatic heterocycles. The van der Waals surface area contributed by atoms with Crippen LogP contribution in [0.5, 0.6) is 0 Å². The van der Waals surface area contributed by atoms with Crippen LogP contribution in [-0.4, -0.2) is 33.2 Å². The molecule has 0 aromatic carbocycles. The molecule has 2 aliphatic rings. The zero-order valence-corrected chi connectivity index (χ0v) is 15.1. The van der Waals surface area contributed by atoms with Crippen LogP contribution in [0.15, 0.2) is 11.0 Å². The zero-order valence-electron chi connectivity index (χ0n) is 13.6. The molecule has 126 valence electrons. The Kier molecular flexibility index (Phi) is 4.00. The highest BCUT2D eigenvalue weighted by Gasteiger charge is 2.50.